The van der Waals surface area contributed by atoms with Crippen molar-refractivity contribution in [1.82, 2.24) is 0 Å². The van der Waals surface area contributed by atoms with Crippen molar-refractivity contribution < 1.29 is 19.4 Å². The molecule has 0 amide bonds. The second-order valence-electron chi connectivity index (χ2n) is 8.26. The number of ether oxygens (including phenoxy) is 1. The molecule has 1 aromatic carbocycles. The van der Waals surface area contributed by atoms with Crippen molar-refractivity contribution >= 4 is 41.5 Å². The molecule has 0 aliphatic carbocycles. The molecule has 0 saturated heterocycles. The Kier molecular flexibility index (Phi) is 19.2. The molecule has 0 aromatic heterocycles. The maximum absolute atomic E-state index is 11.9. The molecule has 0 fully saturated rings. The molecular formula is C25H41NNaO4. The Bertz CT molecular complexity index is 592. The van der Waals surface area contributed by atoms with Crippen LogP contribution in [-0.4, -0.2) is 52.6 Å². The van der Waals surface area contributed by atoms with Crippen molar-refractivity contribution in [3.63, 3.8) is 0 Å². The summed E-state index contributed by atoms with van der Waals surface area (Å²) < 4.78 is 4.86. The van der Waals surface area contributed by atoms with Gasteiger partial charge < -0.3 is 15.6 Å². The summed E-state index contributed by atoms with van der Waals surface area (Å²) in [6, 6.07) is 5.57. The maximum atomic E-state index is 11.9. The molecule has 1 aromatic rings. The topological polar surface area (TPSA) is 89.6 Å². The van der Waals surface area contributed by atoms with Gasteiger partial charge in [-0.25, -0.2) is 4.79 Å². The summed E-state index contributed by atoms with van der Waals surface area (Å²) in [4.78, 5) is 23.8. The van der Waals surface area contributed by atoms with Crippen LogP contribution in [0.1, 0.15) is 102 Å². The van der Waals surface area contributed by atoms with Gasteiger partial charge in [-0.3, -0.25) is 4.79 Å². The van der Waals surface area contributed by atoms with E-state index in [-0.39, 0.29) is 48.1 Å². The van der Waals surface area contributed by atoms with Crippen LogP contribution in [0.4, 0.5) is 0 Å². The van der Waals surface area contributed by atoms with Gasteiger partial charge in [-0.1, -0.05) is 96.1 Å². The zero-order valence-electron chi connectivity index (χ0n) is 19.7. The number of aromatic hydroxyl groups is 1. The molecule has 0 unspecified atom stereocenters. The maximum Gasteiger partial charge on any atom is 0.330 e. The average Bonchev–Trinajstić information content (AvgIpc) is 2.73. The normalized spacial score (nSPS) is 11.5. The molecule has 1 rings (SSSR count). The van der Waals surface area contributed by atoms with E-state index in [1.165, 1.54) is 76.3 Å². The number of hydrogen-bond acceptors (Lipinski definition) is 5. The molecule has 0 aliphatic heterocycles. The first-order chi connectivity index (χ1) is 14.5. The zero-order chi connectivity index (χ0) is 22.0. The molecular weight excluding hydrogens is 401 g/mol. The first-order valence-electron chi connectivity index (χ1n) is 11.8. The summed E-state index contributed by atoms with van der Waals surface area (Å²) >= 11 is 0. The Labute approximate surface area is 210 Å². The number of esters is 2. The molecule has 1 atom stereocenters. The number of phenols is 1. The monoisotopic (exact) mass is 442 g/mol. The summed E-state index contributed by atoms with van der Waals surface area (Å²) in [6.07, 6.45) is 16.7. The molecule has 0 spiro atoms. The largest absolute Gasteiger partial charge is 0.508 e. The van der Waals surface area contributed by atoms with Crippen LogP contribution in [-0.2, 0) is 20.7 Å². The second kappa shape index (κ2) is 19.8. The minimum atomic E-state index is -0.884. The zero-order valence-corrected chi connectivity index (χ0v) is 21.7. The van der Waals surface area contributed by atoms with Gasteiger partial charge in [0.15, 0.2) is 0 Å². The van der Waals surface area contributed by atoms with Gasteiger partial charge in [0.2, 0.25) is 0 Å². The third-order valence-corrected chi connectivity index (χ3v) is 5.39. The fourth-order valence-corrected chi connectivity index (χ4v) is 3.50. The second-order valence-corrected chi connectivity index (χ2v) is 8.26. The Balaban J connectivity index is 0.00000900. The van der Waals surface area contributed by atoms with Crippen LogP contribution >= 0.6 is 0 Å². The molecule has 0 bridgehead atoms. The smallest absolute Gasteiger partial charge is 0.330 e. The Morgan fingerprint density at radius 3 is 1.77 bits per heavy atom. The molecule has 0 heterocycles. The summed E-state index contributed by atoms with van der Waals surface area (Å²) in [7, 11) is 0. The Hall–Kier alpha value is -0.880. The van der Waals surface area contributed by atoms with E-state index in [1.54, 1.807) is 12.1 Å². The minimum Gasteiger partial charge on any atom is -0.508 e. The average molecular weight is 443 g/mol. The van der Waals surface area contributed by atoms with E-state index >= 15 is 0 Å². The van der Waals surface area contributed by atoms with Gasteiger partial charge in [-0.15, -0.1) is 0 Å². The van der Waals surface area contributed by atoms with Gasteiger partial charge in [0.05, 0.1) is 0 Å². The van der Waals surface area contributed by atoms with Crippen LogP contribution in [0.15, 0.2) is 24.3 Å². The first-order valence-corrected chi connectivity index (χ1v) is 11.8. The first kappa shape index (κ1) is 30.1. The third kappa shape index (κ3) is 16.4. The van der Waals surface area contributed by atoms with E-state index in [0.29, 0.717) is 0 Å². The van der Waals surface area contributed by atoms with Crippen molar-refractivity contribution in [2.75, 3.05) is 0 Å². The quantitative estimate of drug-likeness (QED) is 0.145. The summed E-state index contributed by atoms with van der Waals surface area (Å²) in [6.45, 7) is 2.25. The summed E-state index contributed by atoms with van der Waals surface area (Å²) in [5.41, 5.74) is 6.63. The molecule has 171 valence electrons. The van der Waals surface area contributed by atoms with Crippen LogP contribution < -0.4 is 5.73 Å². The van der Waals surface area contributed by atoms with Gasteiger partial charge in [0.25, 0.3) is 0 Å². The van der Waals surface area contributed by atoms with E-state index in [1.807, 2.05) is 0 Å². The number of benzene rings is 1. The molecule has 5 nitrogen and oxygen atoms in total. The Morgan fingerprint density at radius 1 is 0.839 bits per heavy atom. The van der Waals surface area contributed by atoms with Crippen LogP contribution in [0, 0.1) is 0 Å². The Morgan fingerprint density at radius 2 is 1.29 bits per heavy atom. The van der Waals surface area contributed by atoms with Crippen LogP contribution in [0.2, 0.25) is 0 Å². The van der Waals surface area contributed by atoms with Crippen molar-refractivity contribution in [2.45, 2.75) is 109 Å². The SMILES string of the molecule is CCCCCCCCCCCCCCCC(=O)OC(=O)[C@@H](N)Cc1ccc(O)cc1.[Na]. The van der Waals surface area contributed by atoms with Crippen LogP contribution in [0.3, 0.4) is 0 Å². The number of unbranched alkanes of at least 4 members (excludes halogenated alkanes) is 12. The molecule has 3 N–H and O–H groups in total. The predicted molar refractivity (Wildman–Crippen MR) is 127 cm³/mol. The number of carbonyl (C=O) groups excluding carboxylic acids is 2. The van der Waals surface area contributed by atoms with Crippen molar-refractivity contribution in [3.8, 4) is 5.75 Å². The number of carbonyl (C=O) groups is 2. The minimum absolute atomic E-state index is 0. The summed E-state index contributed by atoms with van der Waals surface area (Å²) in [5, 5.41) is 9.27. The molecule has 6 heteroatoms. The van der Waals surface area contributed by atoms with Gasteiger partial charge in [-0.2, -0.15) is 0 Å². The van der Waals surface area contributed by atoms with Crippen LogP contribution in [0.5, 0.6) is 5.75 Å². The standard InChI is InChI=1S/C25H41NO4.Na/c1-2-3-4-5-6-7-8-9-10-11-12-13-14-15-24(28)30-25(29)23(26)20-21-16-18-22(27)19-17-21;/h16-19,23,27H,2-15,20,26H2,1H3;/t23-;/m0./s1. The van der Waals surface area contributed by atoms with E-state index < -0.39 is 18.0 Å². The number of hydrogen-bond donors (Lipinski definition) is 2. The number of phenolic OH excluding ortho intramolecular Hbond substituents is 1. The third-order valence-electron chi connectivity index (χ3n) is 5.39. The van der Waals surface area contributed by atoms with E-state index in [4.69, 9.17) is 10.5 Å². The van der Waals surface area contributed by atoms with E-state index in [9.17, 15) is 14.7 Å². The van der Waals surface area contributed by atoms with Gasteiger partial charge in [-0.05, 0) is 30.5 Å². The van der Waals surface area contributed by atoms with E-state index in [2.05, 4.69) is 6.92 Å². The van der Waals surface area contributed by atoms with Crippen molar-refractivity contribution in [2.24, 2.45) is 5.73 Å². The predicted octanol–water partition coefficient (Wildman–Crippen LogP) is 5.43. The van der Waals surface area contributed by atoms with Gasteiger partial charge in [0.1, 0.15) is 11.8 Å². The van der Waals surface area contributed by atoms with Gasteiger partial charge >= 0.3 is 11.9 Å². The van der Waals surface area contributed by atoms with Crippen LogP contribution in [0.25, 0.3) is 0 Å². The molecule has 1 radical (unpaired) electrons. The fourth-order valence-electron chi connectivity index (χ4n) is 3.50. The molecule has 31 heavy (non-hydrogen) atoms. The molecule has 0 saturated carbocycles. The number of nitrogens with two attached hydrogens (primary N) is 1. The number of rotatable bonds is 17. The summed E-state index contributed by atoms with van der Waals surface area (Å²) in [5.74, 6) is -1.03. The fraction of sp³-hybridized carbons (Fsp3) is 0.680. The van der Waals surface area contributed by atoms with Crippen molar-refractivity contribution in [1.29, 1.82) is 0 Å². The van der Waals surface area contributed by atoms with Crippen molar-refractivity contribution in [3.05, 3.63) is 29.8 Å². The molecule has 0 aliphatic rings. The van der Waals surface area contributed by atoms with Gasteiger partial charge in [0, 0.05) is 36.0 Å². The van der Waals surface area contributed by atoms with E-state index in [0.717, 1.165) is 24.8 Å².